The van der Waals surface area contributed by atoms with Gasteiger partial charge in [-0.3, -0.25) is 19.3 Å². The summed E-state index contributed by atoms with van der Waals surface area (Å²) in [7, 11) is 2.22. The Morgan fingerprint density at radius 2 is 1.56 bits per heavy atom. The molecule has 2 unspecified atom stereocenters. The van der Waals surface area contributed by atoms with Crippen LogP contribution in [0.25, 0.3) is 0 Å². The third-order valence-corrected chi connectivity index (χ3v) is 18.0. The van der Waals surface area contributed by atoms with Crippen LogP contribution in [-0.2, 0) is 19.1 Å². The molecular formula is C45H74N2O5. The maximum atomic E-state index is 14.2. The molecule has 0 spiro atoms. The van der Waals surface area contributed by atoms with Gasteiger partial charge in [0.1, 0.15) is 6.10 Å². The number of carbonyl (C=O) groups excluding carboxylic acids is 2. The van der Waals surface area contributed by atoms with Gasteiger partial charge in [0.05, 0.1) is 12.8 Å². The van der Waals surface area contributed by atoms with Crippen LogP contribution in [-0.4, -0.2) is 71.1 Å². The fourth-order valence-electron chi connectivity index (χ4n) is 15.4. The number of ether oxygens (including phenoxy) is 1. The summed E-state index contributed by atoms with van der Waals surface area (Å²) in [5.41, 5.74) is 1.27. The van der Waals surface area contributed by atoms with Gasteiger partial charge in [0.2, 0.25) is 5.91 Å². The second kappa shape index (κ2) is 13.1. The Morgan fingerprint density at radius 3 is 2.17 bits per heavy atom. The van der Waals surface area contributed by atoms with Crippen molar-refractivity contribution in [2.75, 3.05) is 20.1 Å². The summed E-state index contributed by atoms with van der Waals surface area (Å²) in [4.78, 5) is 43.6. The first kappa shape index (κ1) is 39.8. The zero-order valence-corrected chi connectivity index (χ0v) is 33.6. The first-order valence-electron chi connectivity index (χ1n) is 20.7. The van der Waals surface area contributed by atoms with Crippen molar-refractivity contribution >= 4 is 17.8 Å². The Morgan fingerprint density at radius 1 is 0.846 bits per heavy atom. The number of likely N-dealkylation sites (N-methyl/N-ethyl adjacent to an activating group) is 1. The first-order chi connectivity index (χ1) is 23.7. The van der Waals surface area contributed by atoms with E-state index < -0.39 is 11.4 Å². The molecule has 2 bridgehead atoms. The topological polar surface area (TPSA) is 87.2 Å². The fourth-order valence-corrected chi connectivity index (χ4v) is 15.4. The molecule has 1 N–H and O–H groups in total. The SMILES string of the molecule is C.C=C(C)[C@@H]1CC[C@]2(CC(=O)N3CC4CC3CN4C)CC[C@]3(C)[C@H](CC[C@@H]4[C@@]5(C)CC[C@H](OC(=O)CC(C)(C)CC(=O)O)C(C)(C)[C@@H]5CC[C@]43C)[C@@H]12. The number of hydrogen-bond donors (Lipinski definition) is 1. The third kappa shape index (κ3) is 5.94. The molecule has 5 aliphatic carbocycles. The summed E-state index contributed by atoms with van der Waals surface area (Å²) in [6.45, 7) is 25.1. The molecule has 0 radical (unpaired) electrons. The zero-order chi connectivity index (χ0) is 37.1. The van der Waals surface area contributed by atoms with Crippen molar-refractivity contribution in [2.24, 2.45) is 62.1 Å². The predicted octanol–water partition coefficient (Wildman–Crippen LogP) is 9.39. The van der Waals surface area contributed by atoms with Gasteiger partial charge in [-0.25, -0.2) is 0 Å². The lowest BCUT2D eigenvalue weighted by molar-refractivity contribution is -0.250. The van der Waals surface area contributed by atoms with E-state index in [0.717, 1.165) is 45.2 Å². The molecule has 2 aliphatic heterocycles. The number of esters is 1. The number of piperazine rings is 1. The maximum absolute atomic E-state index is 14.2. The number of carboxylic acid groups (broad SMARTS) is 1. The van der Waals surface area contributed by atoms with Crippen LogP contribution in [0.4, 0.5) is 0 Å². The van der Waals surface area contributed by atoms with Crippen molar-refractivity contribution < 1.29 is 24.2 Å². The summed E-state index contributed by atoms with van der Waals surface area (Å²) < 4.78 is 6.29. The maximum Gasteiger partial charge on any atom is 0.306 e. The molecule has 7 nitrogen and oxygen atoms in total. The number of carbonyl (C=O) groups is 3. The average Bonchev–Trinajstić information content (AvgIpc) is 3.71. The standard InChI is InChI=1S/C44H70N2O5.CH4/c1-27(2)30-13-18-44(22-35(47)46-26-28-21-29(46)25-45(28)10)20-19-42(8)31(38(30)44)11-12-33-41(7)16-15-34(40(5,6)32(41)14-17-43(33,42)9)51-37(50)24-39(3,4)23-36(48)49;/h28-34,38H,1,11-26H2,2-10H3,(H,48,49);1H4/t28?,29?,30-,31+,32-,33+,34-,38+,41-,42+,43+,44+;/m0./s1. The summed E-state index contributed by atoms with van der Waals surface area (Å²) in [5.74, 6) is 2.06. The predicted molar refractivity (Wildman–Crippen MR) is 207 cm³/mol. The van der Waals surface area contributed by atoms with Crippen molar-refractivity contribution in [1.82, 2.24) is 9.80 Å². The number of allylic oxidation sites excluding steroid dienone is 1. The highest BCUT2D eigenvalue weighted by Gasteiger charge is 2.71. The van der Waals surface area contributed by atoms with E-state index in [2.05, 4.69) is 65.0 Å². The second-order valence-corrected chi connectivity index (χ2v) is 21.5. The monoisotopic (exact) mass is 723 g/mol. The fraction of sp³-hybridized carbons (Fsp3) is 0.889. The highest BCUT2D eigenvalue weighted by atomic mass is 16.5. The molecule has 7 fully saturated rings. The molecule has 0 aromatic heterocycles. The summed E-state index contributed by atoms with van der Waals surface area (Å²) in [6, 6.07) is 0.954. The lowest BCUT2D eigenvalue weighted by Crippen LogP contribution is -2.67. The Balaban J connectivity index is 0.00000464. The molecule has 52 heavy (non-hydrogen) atoms. The van der Waals surface area contributed by atoms with Crippen molar-refractivity contribution in [1.29, 1.82) is 0 Å². The summed E-state index contributed by atoms with van der Waals surface area (Å²) in [5, 5.41) is 9.35. The van der Waals surface area contributed by atoms with E-state index >= 15 is 0 Å². The molecule has 2 saturated heterocycles. The van der Waals surface area contributed by atoms with Gasteiger partial charge < -0.3 is 14.7 Å². The number of fused-ring (bicyclic) bond motifs is 9. The molecular weight excluding hydrogens is 649 g/mol. The molecule has 0 aromatic rings. The van der Waals surface area contributed by atoms with Gasteiger partial charge in [0.15, 0.2) is 0 Å². The van der Waals surface area contributed by atoms with E-state index in [1.54, 1.807) is 0 Å². The van der Waals surface area contributed by atoms with Crippen LogP contribution < -0.4 is 0 Å². The van der Waals surface area contributed by atoms with Gasteiger partial charge in [-0.05, 0) is 141 Å². The average molecular weight is 723 g/mol. The summed E-state index contributed by atoms with van der Waals surface area (Å²) >= 11 is 0. The molecule has 7 aliphatic rings. The number of nitrogens with zero attached hydrogens (tertiary/aromatic N) is 2. The van der Waals surface area contributed by atoms with Crippen LogP contribution in [0.15, 0.2) is 12.2 Å². The van der Waals surface area contributed by atoms with Crippen LogP contribution in [0, 0.1) is 62.1 Å². The Bertz CT molecular complexity index is 1450. The van der Waals surface area contributed by atoms with Gasteiger partial charge in [0.25, 0.3) is 0 Å². The van der Waals surface area contributed by atoms with Crippen molar-refractivity contribution in [3.63, 3.8) is 0 Å². The van der Waals surface area contributed by atoms with E-state index in [0.29, 0.717) is 47.6 Å². The minimum absolute atomic E-state index is 0. The number of likely N-dealkylation sites (tertiary alicyclic amines) is 2. The lowest BCUT2D eigenvalue weighted by atomic mass is 9.32. The number of carboxylic acids is 1. The van der Waals surface area contributed by atoms with Gasteiger partial charge in [-0.2, -0.15) is 0 Å². The largest absolute Gasteiger partial charge is 0.481 e. The van der Waals surface area contributed by atoms with Crippen molar-refractivity contribution in [3.8, 4) is 0 Å². The van der Waals surface area contributed by atoms with Crippen molar-refractivity contribution in [2.45, 2.75) is 171 Å². The van der Waals surface area contributed by atoms with E-state index in [4.69, 9.17) is 4.74 Å². The molecule has 7 rings (SSSR count). The molecule has 1 amide bonds. The molecule has 12 atom stereocenters. The quantitative estimate of drug-likeness (QED) is 0.199. The van der Waals surface area contributed by atoms with Gasteiger partial charge in [0, 0.05) is 37.0 Å². The van der Waals surface area contributed by atoms with Gasteiger partial charge in [-0.15, -0.1) is 0 Å². The Labute approximate surface area is 316 Å². The number of aliphatic carboxylic acids is 1. The van der Waals surface area contributed by atoms with E-state index in [9.17, 15) is 19.5 Å². The van der Waals surface area contributed by atoms with E-state index in [1.165, 1.54) is 50.5 Å². The smallest absolute Gasteiger partial charge is 0.306 e. The molecule has 0 aromatic carbocycles. The van der Waals surface area contributed by atoms with Crippen LogP contribution >= 0.6 is 0 Å². The summed E-state index contributed by atoms with van der Waals surface area (Å²) in [6.07, 6.45) is 13.4. The number of amides is 1. The highest BCUT2D eigenvalue weighted by molar-refractivity contribution is 5.78. The molecule has 294 valence electrons. The van der Waals surface area contributed by atoms with Crippen LogP contribution in [0.3, 0.4) is 0 Å². The normalized spacial score (nSPS) is 44.8. The molecule has 7 heteroatoms. The zero-order valence-electron chi connectivity index (χ0n) is 33.6. The highest BCUT2D eigenvalue weighted by Crippen LogP contribution is 2.78. The molecule has 2 heterocycles. The second-order valence-electron chi connectivity index (χ2n) is 21.5. The minimum atomic E-state index is -0.877. The minimum Gasteiger partial charge on any atom is -0.481 e. The first-order valence-corrected chi connectivity index (χ1v) is 20.7. The van der Waals surface area contributed by atoms with Gasteiger partial charge >= 0.3 is 11.9 Å². The van der Waals surface area contributed by atoms with Crippen LogP contribution in [0.2, 0.25) is 0 Å². The Kier molecular flexibility index (Phi) is 10.0. The third-order valence-electron chi connectivity index (χ3n) is 18.0. The Hall–Kier alpha value is -1.89. The van der Waals surface area contributed by atoms with E-state index in [1.807, 2.05) is 13.8 Å². The van der Waals surface area contributed by atoms with Gasteiger partial charge in [-0.1, -0.05) is 68.0 Å². The van der Waals surface area contributed by atoms with Crippen LogP contribution in [0.1, 0.15) is 153 Å². The number of hydrogen-bond acceptors (Lipinski definition) is 5. The number of rotatable bonds is 8. The lowest BCUT2D eigenvalue weighted by Gasteiger charge is -2.73. The van der Waals surface area contributed by atoms with Crippen molar-refractivity contribution in [3.05, 3.63) is 12.2 Å². The molecule has 5 saturated carbocycles. The van der Waals surface area contributed by atoms with Crippen LogP contribution in [0.5, 0.6) is 0 Å². The van der Waals surface area contributed by atoms with E-state index in [-0.39, 0.29) is 59.4 Å².